The minimum Gasteiger partial charge on any atom is -0.491 e. The maximum atomic E-state index is 14.0. The molecule has 2 fully saturated rings. The summed E-state index contributed by atoms with van der Waals surface area (Å²) in [5, 5.41) is 0. The maximum absolute atomic E-state index is 14.0. The molecule has 0 aromatic carbocycles. The molecule has 2 aliphatic carbocycles. The van der Waals surface area contributed by atoms with Crippen LogP contribution < -0.4 is 0 Å². The summed E-state index contributed by atoms with van der Waals surface area (Å²) in [5.74, 6) is 1.02. The van der Waals surface area contributed by atoms with Crippen LogP contribution in [0.15, 0.2) is 36.1 Å². The highest BCUT2D eigenvalue weighted by Gasteiger charge is 2.30. The van der Waals surface area contributed by atoms with Gasteiger partial charge in [-0.2, -0.15) is 4.39 Å². The normalized spacial score (nSPS) is 27.9. The van der Waals surface area contributed by atoms with Crippen LogP contribution in [0.1, 0.15) is 98.3 Å². The quantitative estimate of drug-likeness (QED) is 0.286. The lowest BCUT2D eigenvalue weighted by Crippen LogP contribution is -2.27. The van der Waals surface area contributed by atoms with E-state index in [-0.39, 0.29) is 11.3 Å². The van der Waals surface area contributed by atoms with Crippen molar-refractivity contribution in [1.29, 1.82) is 0 Å². The molecule has 0 N–H and O–H groups in total. The number of halogens is 2. The van der Waals surface area contributed by atoms with Crippen LogP contribution >= 0.6 is 0 Å². The molecule has 2 saturated carbocycles. The lowest BCUT2D eigenvalue weighted by molar-refractivity contribution is 0.0985. The van der Waals surface area contributed by atoms with Gasteiger partial charge in [0.05, 0.1) is 6.61 Å². The monoisotopic (exact) mass is 410 g/mol. The molecule has 1 nitrogen and oxygen atoms in total. The summed E-state index contributed by atoms with van der Waals surface area (Å²) < 4.78 is 33.2. The molecule has 29 heavy (non-hydrogen) atoms. The highest BCUT2D eigenvalue weighted by Crippen LogP contribution is 2.42. The van der Waals surface area contributed by atoms with Crippen molar-refractivity contribution in [3.63, 3.8) is 0 Å². The third-order valence-electron chi connectivity index (χ3n) is 6.69. The van der Waals surface area contributed by atoms with Gasteiger partial charge in [-0.1, -0.05) is 66.5 Å². The van der Waals surface area contributed by atoms with Gasteiger partial charge in [0.15, 0.2) is 17.4 Å². The zero-order valence-electron chi connectivity index (χ0n) is 19.4. The van der Waals surface area contributed by atoms with Crippen molar-refractivity contribution in [2.75, 3.05) is 6.61 Å². The summed E-state index contributed by atoms with van der Waals surface area (Å²) in [7, 11) is 0. The van der Waals surface area contributed by atoms with Gasteiger partial charge in [0.1, 0.15) is 0 Å². The van der Waals surface area contributed by atoms with Crippen LogP contribution in [-0.4, -0.2) is 6.61 Å². The second-order valence-electron chi connectivity index (χ2n) is 9.00. The van der Waals surface area contributed by atoms with Crippen LogP contribution in [0.5, 0.6) is 0 Å². The van der Waals surface area contributed by atoms with E-state index in [1.54, 1.807) is 6.92 Å². The van der Waals surface area contributed by atoms with Crippen LogP contribution in [0.3, 0.4) is 0 Å². The Kier molecular flexibility index (Phi) is 12.5. The Hall–Kier alpha value is -1.12. The van der Waals surface area contributed by atoms with Crippen LogP contribution in [0, 0.1) is 23.7 Å². The third-order valence-corrected chi connectivity index (χ3v) is 6.69. The Labute approximate surface area is 178 Å². The molecular weight excluding hydrogens is 366 g/mol. The third kappa shape index (κ3) is 8.64. The molecule has 168 valence electrons. The van der Waals surface area contributed by atoms with Crippen molar-refractivity contribution in [3.05, 3.63) is 36.1 Å². The molecule has 0 radical (unpaired) electrons. The SMILES string of the molecule is C=C(CC)/C(F)=C(/F)C(=C)OCC1CCC(C2CCC(CC)CC2)CC1.CCC. The summed E-state index contributed by atoms with van der Waals surface area (Å²) in [6.07, 6.45) is 13.3. The van der Waals surface area contributed by atoms with E-state index in [4.69, 9.17) is 4.74 Å². The van der Waals surface area contributed by atoms with Crippen molar-refractivity contribution in [3.8, 4) is 0 Å². The van der Waals surface area contributed by atoms with Gasteiger partial charge in [0.2, 0.25) is 0 Å². The van der Waals surface area contributed by atoms with Gasteiger partial charge in [0, 0.05) is 0 Å². The van der Waals surface area contributed by atoms with Gasteiger partial charge in [-0.25, -0.2) is 4.39 Å². The first-order chi connectivity index (χ1) is 13.9. The number of allylic oxidation sites excluding steroid dienone is 3. The molecule has 0 bridgehead atoms. The van der Waals surface area contributed by atoms with Crippen molar-refractivity contribution in [1.82, 2.24) is 0 Å². The molecule has 0 heterocycles. The summed E-state index contributed by atoms with van der Waals surface area (Å²) in [6, 6.07) is 0. The average molecular weight is 411 g/mol. The molecular formula is C26H44F2O. The number of hydrogen-bond acceptors (Lipinski definition) is 1. The van der Waals surface area contributed by atoms with Gasteiger partial charge in [0.25, 0.3) is 0 Å². The van der Waals surface area contributed by atoms with Crippen molar-refractivity contribution >= 4 is 0 Å². The van der Waals surface area contributed by atoms with E-state index >= 15 is 0 Å². The smallest absolute Gasteiger partial charge is 0.200 e. The van der Waals surface area contributed by atoms with E-state index in [2.05, 4.69) is 33.9 Å². The summed E-state index contributed by atoms with van der Waals surface area (Å²) >= 11 is 0. The predicted octanol–water partition coefficient (Wildman–Crippen LogP) is 9.07. The molecule has 0 saturated heterocycles. The Bertz CT molecular complexity index is 521. The molecule has 0 unspecified atom stereocenters. The minimum atomic E-state index is -1.00. The highest BCUT2D eigenvalue weighted by atomic mass is 19.2. The molecule has 3 heteroatoms. The van der Waals surface area contributed by atoms with Gasteiger partial charge in [-0.05, 0) is 74.2 Å². The maximum Gasteiger partial charge on any atom is 0.200 e. The van der Waals surface area contributed by atoms with Crippen molar-refractivity contribution < 1.29 is 13.5 Å². The predicted molar refractivity (Wildman–Crippen MR) is 121 cm³/mol. The lowest BCUT2D eigenvalue weighted by Gasteiger charge is -2.37. The largest absolute Gasteiger partial charge is 0.491 e. The number of ether oxygens (including phenoxy) is 1. The molecule has 0 amide bonds. The second-order valence-corrected chi connectivity index (χ2v) is 9.00. The summed E-state index contributed by atoms with van der Waals surface area (Å²) in [4.78, 5) is 0. The fourth-order valence-corrected chi connectivity index (χ4v) is 4.61. The molecule has 0 aliphatic heterocycles. The lowest BCUT2D eigenvalue weighted by atomic mass is 9.69. The molecule has 0 aromatic rings. The average Bonchev–Trinajstić information content (AvgIpc) is 2.76. The summed E-state index contributed by atoms with van der Waals surface area (Å²) in [6.45, 7) is 15.8. The van der Waals surface area contributed by atoms with Gasteiger partial charge >= 0.3 is 0 Å². The first-order valence-corrected chi connectivity index (χ1v) is 11.9. The first-order valence-electron chi connectivity index (χ1n) is 11.9. The van der Waals surface area contributed by atoms with Gasteiger partial charge < -0.3 is 4.74 Å². The molecule has 2 rings (SSSR count). The standard InChI is InChI=1S/C23H36F2O.C3H8/c1-5-16(3)22(24)23(25)17(4)26-15-19-9-13-21(14-10-19)20-11-7-18(6-2)8-12-20;1-3-2/h18-21H,3-15H2,1-2H3;3H2,1-2H3/b23-22-;. The summed E-state index contributed by atoms with van der Waals surface area (Å²) in [5.41, 5.74) is 0.144. The fraction of sp³-hybridized carbons (Fsp3) is 0.769. The molecule has 0 spiro atoms. The van der Waals surface area contributed by atoms with Crippen LogP contribution in [-0.2, 0) is 4.74 Å². The van der Waals surface area contributed by atoms with Crippen LogP contribution in [0.2, 0.25) is 0 Å². The Balaban J connectivity index is 0.00000132. The molecule has 2 aliphatic rings. The topological polar surface area (TPSA) is 9.23 Å². The van der Waals surface area contributed by atoms with Crippen molar-refractivity contribution in [2.24, 2.45) is 23.7 Å². The molecule has 0 aromatic heterocycles. The zero-order valence-corrected chi connectivity index (χ0v) is 19.4. The highest BCUT2D eigenvalue weighted by molar-refractivity contribution is 5.32. The van der Waals surface area contributed by atoms with Crippen LogP contribution in [0.4, 0.5) is 8.78 Å². The Morgan fingerprint density at radius 2 is 1.21 bits per heavy atom. The Morgan fingerprint density at radius 1 is 0.759 bits per heavy atom. The van der Waals surface area contributed by atoms with Gasteiger partial charge in [-0.15, -0.1) is 0 Å². The van der Waals surface area contributed by atoms with E-state index in [0.29, 0.717) is 18.9 Å². The van der Waals surface area contributed by atoms with Crippen LogP contribution in [0.25, 0.3) is 0 Å². The second kappa shape index (κ2) is 14.0. The van der Waals surface area contributed by atoms with E-state index in [1.165, 1.54) is 51.4 Å². The fourth-order valence-electron chi connectivity index (χ4n) is 4.61. The number of hydrogen-bond donors (Lipinski definition) is 0. The molecule has 0 atom stereocenters. The van der Waals surface area contributed by atoms with E-state index in [9.17, 15) is 8.78 Å². The zero-order chi connectivity index (χ0) is 21.8. The minimum absolute atomic E-state index is 0.144. The Morgan fingerprint density at radius 3 is 1.62 bits per heavy atom. The number of rotatable bonds is 8. The first kappa shape index (κ1) is 25.9. The van der Waals surface area contributed by atoms with E-state index in [1.807, 2.05) is 0 Å². The van der Waals surface area contributed by atoms with Gasteiger partial charge in [-0.3, -0.25) is 0 Å². The van der Waals surface area contributed by atoms with E-state index < -0.39 is 11.7 Å². The van der Waals surface area contributed by atoms with Crippen molar-refractivity contribution in [2.45, 2.75) is 98.3 Å². The van der Waals surface area contributed by atoms with E-state index in [0.717, 1.165) is 30.6 Å².